The van der Waals surface area contributed by atoms with Gasteiger partial charge in [0.15, 0.2) is 0 Å². The smallest absolute Gasteiger partial charge is 0.333 e. The molecule has 0 amide bonds. The summed E-state index contributed by atoms with van der Waals surface area (Å²) >= 11 is -1.97. The van der Waals surface area contributed by atoms with E-state index < -0.39 is 11.4 Å². The fraction of sp³-hybridized carbons (Fsp3) is 0.250. The normalized spacial score (nSPS) is 10.7. The fourth-order valence-electron chi connectivity index (χ4n) is 1.00. The molecule has 2 aromatic rings. The lowest BCUT2D eigenvalue weighted by Crippen LogP contribution is -2.12. The highest BCUT2D eigenvalue weighted by Gasteiger charge is 2.11. The second-order valence-corrected chi connectivity index (χ2v) is 3.75. The summed E-state index contributed by atoms with van der Waals surface area (Å²) in [6.07, 6.45) is 6.42. The average Bonchev–Trinajstić information content (AvgIpc) is 2.79. The van der Waals surface area contributed by atoms with Crippen molar-refractivity contribution in [1.82, 2.24) is 19.1 Å². The van der Waals surface area contributed by atoms with Crippen LogP contribution in [0.25, 0.3) is 0 Å². The summed E-state index contributed by atoms with van der Waals surface area (Å²) < 4.78 is 24.5. The predicted molar refractivity (Wildman–Crippen MR) is 55.8 cm³/mol. The van der Waals surface area contributed by atoms with Gasteiger partial charge in [0, 0.05) is 38.9 Å². The van der Waals surface area contributed by atoms with Gasteiger partial charge in [0.2, 0.25) is 0 Å². The van der Waals surface area contributed by atoms with Gasteiger partial charge in [-0.3, -0.25) is 0 Å². The van der Waals surface area contributed by atoms with Crippen LogP contribution in [0.3, 0.4) is 0 Å². The zero-order valence-electron chi connectivity index (χ0n) is 8.73. The number of aryl methyl sites for hydroxylation is 2. The molecule has 86 valence electrons. The van der Waals surface area contributed by atoms with E-state index in [0.717, 1.165) is 0 Å². The molecular formula is C8H10N4O3S. The molecule has 0 aliphatic heterocycles. The van der Waals surface area contributed by atoms with Crippen LogP contribution in [0.4, 0.5) is 0 Å². The van der Waals surface area contributed by atoms with Crippen LogP contribution < -0.4 is 8.37 Å². The van der Waals surface area contributed by atoms with Crippen molar-refractivity contribution in [1.29, 1.82) is 0 Å². The second-order valence-electron chi connectivity index (χ2n) is 3.01. The Labute approximate surface area is 94.5 Å². The van der Waals surface area contributed by atoms with Gasteiger partial charge >= 0.3 is 23.4 Å². The van der Waals surface area contributed by atoms with E-state index in [2.05, 4.69) is 9.97 Å². The van der Waals surface area contributed by atoms with Crippen molar-refractivity contribution in [2.45, 2.75) is 0 Å². The molecule has 0 saturated heterocycles. The fourth-order valence-corrected chi connectivity index (χ4v) is 1.60. The zero-order valence-corrected chi connectivity index (χ0v) is 9.55. The number of rotatable bonds is 4. The minimum Gasteiger partial charge on any atom is -0.333 e. The summed E-state index contributed by atoms with van der Waals surface area (Å²) in [5.41, 5.74) is 0. The molecule has 8 heteroatoms. The molecule has 2 aromatic heterocycles. The van der Waals surface area contributed by atoms with Gasteiger partial charge in [0.1, 0.15) is 0 Å². The van der Waals surface area contributed by atoms with Gasteiger partial charge in [-0.1, -0.05) is 0 Å². The van der Waals surface area contributed by atoms with Crippen LogP contribution in [0.5, 0.6) is 12.0 Å². The minimum atomic E-state index is -1.97. The summed E-state index contributed by atoms with van der Waals surface area (Å²) in [7, 11) is 3.45. The molecule has 2 heterocycles. The van der Waals surface area contributed by atoms with Crippen LogP contribution in [0.15, 0.2) is 24.8 Å². The molecule has 0 aliphatic carbocycles. The number of nitrogens with zero attached hydrogens (tertiary/aromatic N) is 4. The first-order valence-electron chi connectivity index (χ1n) is 4.40. The molecule has 0 radical (unpaired) electrons. The van der Waals surface area contributed by atoms with Crippen molar-refractivity contribution >= 4 is 11.4 Å². The highest BCUT2D eigenvalue weighted by atomic mass is 32.2. The van der Waals surface area contributed by atoms with E-state index in [9.17, 15) is 4.21 Å². The van der Waals surface area contributed by atoms with Crippen molar-refractivity contribution < 1.29 is 12.6 Å². The minimum absolute atomic E-state index is 0.215. The van der Waals surface area contributed by atoms with Crippen molar-refractivity contribution in [3.8, 4) is 12.0 Å². The van der Waals surface area contributed by atoms with E-state index >= 15 is 0 Å². The lowest BCUT2D eigenvalue weighted by Gasteiger charge is -2.04. The van der Waals surface area contributed by atoms with Gasteiger partial charge in [-0.25, -0.2) is 9.97 Å². The van der Waals surface area contributed by atoms with E-state index in [4.69, 9.17) is 8.37 Å². The topological polar surface area (TPSA) is 71.2 Å². The first-order valence-corrected chi connectivity index (χ1v) is 5.40. The van der Waals surface area contributed by atoms with E-state index in [-0.39, 0.29) is 12.0 Å². The van der Waals surface area contributed by atoms with Crippen LogP contribution >= 0.6 is 0 Å². The van der Waals surface area contributed by atoms with Crippen molar-refractivity contribution in [3.63, 3.8) is 0 Å². The molecule has 0 spiro atoms. The van der Waals surface area contributed by atoms with Gasteiger partial charge in [-0.15, -0.1) is 0 Å². The summed E-state index contributed by atoms with van der Waals surface area (Å²) in [6, 6.07) is 0.431. The van der Waals surface area contributed by atoms with Gasteiger partial charge in [0.25, 0.3) is 0 Å². The van der Waals surface area contributed by atoms with Crippen LogP contribution in [-0.4, -0.2) is 23.3 Å². The second kappa shape index (κ2) is 4.35. The monoisotopic (exact) mass is 242 g/mol. The third kappa shape index (κ3) is 2.22. The Hall–Kier alpha value is -1.83. The third-order valence-electron chi connectivity index (χ3n) is 1.84. The van der Waals surface area contributed by atoms with Crippen LogP contribution in [0, 0.1) is 0 Å². The quantitative estimate of drug-likeness (QED) is 0.765. The molecule has 7 nitrogen and oxygen atoms in total. The molecule has 2 rings (SSSR count). The number of hydrogen-bond donors (Lipinski definition) is 0. The van der Waals surface area contributed by atoms with E-state index in [0.29, 0.717) is 0 Å². The highest BCUT2D eigenvalue weighted by Crippen LogP contribution is 2.10. The maximum Gasteiger partial charge on any atom is 0.423 e. The zero-order chi connectivity index (χ0) is 11.5. The first-order chi connectivity index (χ1) is 7.66. The third-order valence-corrected chi connectivity index (χ3v) is 2.41. The standard InChI is InChI=1S/C8H10N4O3S/c1-11-5-3-9-7(11)14-16(13)15-8-10-4-6-12(8)2/h3-6H,1-2H3. The van der Waals surface area contributed by atoms with E-state index in [1.807, 2.05) is 0 Å². The summed E-state index contributed by atoms with van der Waals surface area (Å²) in [4.78, 5) is 7.70. The molecule has 16 heavy (non-hydrogen) atoms. The van der Waals surface area contributed by atoms with Gasteiger partial charge in [0.05, 0.1) is 0 Å². The summed E-state index contributed by atoms with van der Waals surface area (Å²) in [5.74, 6) is 0. The Balaban J connectivity index is 2.00. The van der Waals surface area contributed by atoms with Gasteiger partial charge in [-0.2, -0.15) is 4.21 Å². The summed E-state index contributed by atoms with van der Waals surface area (Å²) in [6.45, 7) is 0. The van der Waals surface area contributed by atoms with Crippen molar-refractivity contribution in [2.24, 2.45) is 14.1 Å². The number of aromatic nitrogens is 4. The number of hydrogen-bond acceptors (Lipinski definition) is 5. The maximum absolute atomic E-state index is 11.4. The molecule has 0 N–H and O–H groups in total. The first kappa shape index (κ1) is 10.7. The van der Waals surface area contributed by atoms with Crippen LogP contribution in [0.1, 0.15) is 0 Å². The lowest BCUT2D eigenvalue weighted by molar-refractivity contribution is 0.413. The molecule has 0 aliphatic rings. The largest absolute Gasteiger partial charge is 0.423 e. The average molecular weight is 242 g/mol. The molecule has 0 aromatic carbocycles. The molecule has 0 unspecified atom stereocenters. The summed E-state index contributed by atoms with van der Waals surface area (Å²) in [5, 5.41) is 0. The van der Waals surface area contributed by atoms with E-state index in [1.54, 1.807) is 35.6 Å². The lowest BCUT2D eigenvalue weighted by atomic mass is 10.9. The molecule has 0 fully saturated rings. The highest BCUT2D eigenvalue weighted by molar-refractivity contribution is 7.75. The van der Waals surface area contributed by atoms with E-state index in [1.165, 1.54) is 12.4 Å². The molecule has 0 saturated carbocycles. The van der Waals surface area contributed by atoms with Crippen LogP contribution in [-0.2, 0) is 25.5 Å². The Morgan fingerprint density at radius 3 is 1.81 bits per heavy atom. The van der Waals surface area contributed by atoms with Gasteiger partial charge in [-0.05, 0) is 0 Å². The van der Waals surface area contributed by atoms with Crippen LogP contribution in [0.2, 0.25) is 0 Å². The maximum atomic E-state index is 11.4. The SMILES string of the molecule is Cn1ccnc1OS(=O)Oc1nccn1C. The Morgan fingerprint density at radius 2 is 1.50 bits per heavy atom. The number of imidazole rings is 2. The van der Waals surface area contributed by atoms with Gasteiger partial charge < -0.3 is 17.5 Å². The molecule has 0 bridgehead atoms. The molecule has 0 atom stereocenters. The molecular weight excluding hydrogens is 232 g/mol. The Kier molecular flexibility index (Phi) is 2.91. The van der Waals surface area contributed by atoms with Crippen molar-refractivity contribution in [3.05, 3.63) is 24.8 Å². The predicted octanol–water partition coefficient (Wildman–Crippen LogP) is 0.190. The van der Waals surface area contributed by atoms with Crippen molar-refractivity contribution in [2.75, 3.05) is 0 Å². The Morgan fingerprint density at radius 1 is 1.06 bits per heavy atom. The Bertz CT molecular complexity index is 463.